The minimum absolute atomic E-state index is 0.229. The van der Waals surface area contributed by atoms with Crippen LogP contribution in [-0.2, 0) is 11.3 Å². The van der Waals surface area contributed by atoms with Crippen molar-refractivity contribution in [2.24, 2.45) is 5.92 Å². The highest BCUT2D eigenvalue weighted by Crippen LogP contribution is 2.22. The van der Waals surface area contributed by atoms with E-state index in [0.717, 1.165) is 31.9 Å². The van der Waals surface area contributed by atoms with Crippen molar-refractivity contribution >= 4 is 0 Å². The normalized spacial score (nSPS) is 22.4. The Morgan fingerprint density at radius 1 is 1.30 bits per heavy atom. The van der Waals surface area contributed by atoms with Crippen molar-refractivity contribution in [3.63, 3.8) is 0 Å². The molecular weight excluding hydrogens is 250 g/mol. The van der Waals surface area contributed by atoms with E-state index in [1.165, 1.54) is 12.0 Å². The Morgan fingerprint density at radius 3 is 2.70 bits per heavy atom. The van der Waals surface area contributed by atoms with Crippen LogP contribution >= 0.6 is 0 Å². The zero-order valence-corrected chi connectivity index (χ0v) is 12.9. The van der Waals surface area contributed by atoms with E-state index in [-0.39, 0.29) is 6.10 Å². The van der Waals surface area contributed by atoms with Gasteiger partial charge in [0.05, 0.1) is 12.2 Å². The fourth-order valence-electron chi connectivity index (χ4n) is 2.74. The smallest absolute Gasteiger partial charge is 0.119 e. The van der Waals surface area contributed by atoms with Gasteiger partial charge in [0, 0.05) is 19.7 Å². The van der Waals surface area contributed by atoms with Gasteiger partial charge in [-0.2, -0.15) is 0 Å². The molecular formula is C17H27NO2. The fourth-order valence-corrected chi connectivity index (χ4v) is 2.74. The first-order valence-corrected chi connectivity index (χ1v) is 7.77. The number of nitrogens with one attached hydrogen (secondary N) is 1. The third-order valence-corrected chi connectivity index (χ3v) is 3.78. The Hall–Kier alpha value is -1.06. The minimum atomic E-state index is 0.229. The van der Waals surface area contributed by atoms with E-state index in [1.54, 1.807) is 0 Å². The van der Waals surface area contributed by atoms with Crippen molar-refractivity contribution in [1.82, 2.24) is 5.32 Å². The zero-order valence-electron chi connectivity index (χ0n) is 12.9. The topological polar surface area (TPSA) is 30.5 Å². The summed E-state index contributed by atoms with van der Waals surface area (Å²) in [5.74, 6) is 1.61. The maximum absolute atomic E-state index is 5.71. The highest BCUT2D eigenvalue weighted by Gasteiger charge is 2.25. The molecule has 1 saturated heterocycles. The molecule has 112 valence electrons. The number of hydrogen-bond acceptors (Lipinski definition) is 3. The average molecular weight is 277 g/mol. The lowest BCUT2D eigenvalue weighted by Gasteiger charge is -2.17. The SMILES string of the molecule is CCC1OCCC1CNCc1ccc(OC(C)C)cc1. The van der Waals surface area contributed by atoms with Crippen molar-refractivity contribution in [2.45, 2.75) is 52.4 Å². The van der Waals surface area contributed by atoms with Gasteiger partial charge < -0.3 is 14.8 Å². The van der Waals surface area contributed by atoms with Gasteiger partial charge in [0.2, 0.25) is 0 Å². The standard InChI is InChI=1S/C17H27NO2/c1-4-17-15(9-10-19-17)12-18-11-14-5-7-16(8-6-14)20-13(2)3/h5-8,13,15,17-18H,4,9-12H2,1-3H3. The minimum Gasteiger partial charge on any atom is -0.491 e. The third kappa shape index (κ3) is 4.50. The zero-order chi connectivity index (χ0) is 14.4. The summed E-state index contributed by atoms with van der Waals surface area (Å²) in [6.07, 6.45) is 2.98. The van der Waals surface area contributed by atoms with Crippen LogP contribution in [0.1, 0.15) is 39.2 Å². The van der Waals surface area contributed by atoms with E-state index >= 15 is 0 Å². The Kier molecular flexibility index (Phi) is 5.86. The van der Waals surface area contributed by atoms with E-state index in [4.69, 9.17) is 9.47 Å². The van der Waals surface area contributed by atoms with Gasteiger partial charge >= 0.3 is 0 Å². The molecule has 20 heavy (non-hydrogen) atoms. The molecule has 0 radical (unpaired) electrons. The summed E-state index contributed by atoms with van der Waals surface area (Å²) in [6, 6.07) is 8.36. The summed E-state index contributed by atoms with van der Waals surface area (Å²) in [4.78, 5) is 0. The molecule has 3 nitrogen and oxygen atoms in total. The van der Waals surface area contributed by atoms with Crippen LogP contribution in [0.4, 0.5) is 0 Å². The van der Waals surface area contributed by atoms with E-state index in [9.17, 15) is 0 Å². The second kappa shape index (κ2) is 7.65. The van der Waals surface area contributed by atoms with Gasteiger partial charge in [-0.15, -0.1) is 0 Å². The first-order valence-electron chi connectivity index (χ1n) is 7.77. The van der Waals surface area contributed by atoms with Gasteiger partial charge in [0.25, 0.3) is 0 Å². The maximum Gasteiger partial charge on any atom is 0.119 e. The number of hydrogen-bond donors (Lipinski definition) is 1. The Balaban J connectivity index is 1.74. The van der Waals surface area contributed by atoms with Crippen LogP contribution in [-0.4, -0.2) is 25.4 Å². The number of rotatable bonds is 7. The summed E-state index contributed by atoms with van der Waals surface area (Å²) >= 11 is 0. The molecule has 1 heterocycles. The van der Waals surface area contributed by atoms with Crippen LogP contribution in [0, 0.1) is 5.92 Å². The number of ether oxygens (including phenoxy) is 2. The highest BCUT2D eigenvalue weighted by atomic mass is 16.5. The van der Waals surface area contributed by atoms with Crippen molar-refractivity contribution < 1.29 is 9.47 Å². The molecule has 1 aliphatic heterocycles. The molecule has 1 aliphatic rings. The van der Waals surface area contributed by atoms with Gasteiger partial charge in [-0.1, -0.05) is 19.1 Å². The van der Waals surface area contributed by atoms with E-state index in [1.807, 2.05) is 26.0 Å². The molecule has 0 aliphatic carbocycles. The van der Waals surface area contributed by atoms with Crippen LogP contribution in [0.5, 0.6) is 5.75 Å². The van der Waals surface area contributed by atoms with Gasteiger partial charge in [0.1, 0.15) is 5.75 Å². The van der Waals surface area contributed by atoms with Crippen molar-refractivity contribution in [3.05, 3.63) is 29.8 Å². The van der Waals surface area contributed by atoms with Crippen LogP contribution in [0.2, 0.25) is 0 Å². The molecule has 0 saturated carbocycles. The van der Waals surface area contributed by atoms with Crippen molar-refractivity contribution in [1.29, 1.82) is 0 Å². The molecule has 1 fully saturated rings. The van der Waals surface area contributed by atoms with Gasteiger partial charge in [0.15, 0.2) is 0 Å². The van der Waals surface area contributed by atoms with E-state index < -0.39 is 0 Å². The largest absolute Gasteiger partial charge is 0.491 e. The molecule has 0 aromatic heterocycles. The number of benzene rings is 1. The quantitative estimate of drug-likeness (QED) is 0.829. The summed E-state index contributed by atoms with van der Waals surface area (Å²) < 4.78 is 11.4. The Morgan fingerprint density at radius 2 is 2.05 bits per heavy atom. The van der Waals surface area contributed by atoms with E-state index in [2.05, 4.69) is 24.4 Å². The second-order valence-electron chi connectivity index (χ2n) is 5.81. The summed E-state index contributed by atoms with van der Waals surface area (Å²) in [6.45, 7) is 9.17. The van der Waals surface area contributed by atoms with Crippen LogP contribution in [0.15, 0.2) is 24.3 Å². The first kappa shape index (κ1) is 15.3. The fraction of sp³-hybridized carbons (Fsp3) is 0.647. The van der Waals surface area contributed by atoms with E-state index in [0.29, 0.717) is 12.0 Å². The molecule has 2 rings (SSSR count). The molecule has 1 aromatic rings. The molecule has 1 aromatic carbocycles. The van der Waals surface area contributed by atoms with Crippen LogP contribution in [0.25, 0.3) is 0 Å². The maximum atomic E-state index is 5.71. The van der Waals surface area contributed by atoms with Crippen molar-refractivity contribution in [2.75, 3.05) is 13.2 Å². The average Bonchev–Trinajstić information content (AvgIpc) is 2.87. The lowest BCUT2D eigenvalue weighted by atomic mass is 9.99. The molecule has 2 atom stereocenters. The molecule has 2 unspecified atom stereocenters. The molecule has 0 spiro atoms. The second-order valence-corrected chi connectivity index (χ2v) is 5.81. The third-order valence-electron chi connectivity index (χ3n) is 3.78. The van der Waals surface area contributed by atoms with Crippen LogP contribution < -0.4 is 10.1 Å². The molecule has 0 bridgehead atoms. The predicted octanol–water partition coefficient (Wildman–Crippen LogP) is 3.38. The lowest BCUT2D eigenvalue weighted by molar-refractivity contribution is 0.0872. The van der Waals surface area contributed by atoms with Crippen LogP contribution in [0.3, 0.4) is 0 Å². The monoisotopic (exact) mass is 277 g/mol. The summed E-state index contributed by atoms with van der Waals surface area (Å²) in [5, 5.41) is 3.55. The van der Waals surface area contributed by atoms with Gasteiger partial charge in [-0.3, -0.25) is 0 Å². The first-order chi connectivity index (χ1) is 9.69. The predicted molar refractivity (Wildman–Crippen MR) is 82.1 cm³/mol. The summed E-state index contributed by atoms with van der Waals surface area (Å²) in [7, 11) is 0. The molecule has 0 amide bonds. The molecule has 1 N–H and O–H groups in total. The Bertz CT molecular complexity index is 388. The van der Waals surface area contributed by atoms with Gasteiger partial charge in [-0.05, 0) is 50.3 Å². The summed E-state index contributed by atoms with van der Waals surface area (Å²) in [5.41, 5.74) is 1.30. The molecule has 3 heteroatoms. The lowest BCUT2D eigenvalue weighted by Crippen LogP contribution is -2.27. The van der Waals surface area contributed by atoms with Gasteiger partial charge in [-0.25, -0.2) is 0 Å². The van der Waals surface area contributed by atoms with Crippen molar-refractivity contribution in [3.8, 4) is 5.75 Å². The highest BCUT2D eigenvalue weighted by molar-refractivity contribution is 5.27. The Labute approximate surface area is 122 Å².